The predicted octanol–water partition coefficient (Wildman–Crippen LogP) is 2.94. The van der Waals surface area contributed by atoms with Crippen molar-refractivity contribution in [2.75, 3.05) is 27.2 Å². The van der Waals surface area contributed by atoms with Crippen LogP contribution in [0, 0.1) is 0 Å². The third-order valence-corrected chi connectivity index (χ3v) is 3.43. The van der Waals surface area contributed by atoms with Crippen LogP contribution in [0.2, 0.25) is 5.02 Å². The quantitative estimate of drug-likeness (QED) is 0.758. The highest BCUT2D eigenvalue weighted by molar-refractivity contribution is 6.31. The first kappa shape index (κ1) is 16.5. The van der Waals surface area contributed by atoms with E-state index in [1.165, 1.54) is 0 Å². The monoisotopic (exact) mass is 286 g/mol. The van der Waals surface area contributed by atoms with Crippen molar-refractivity contribution in [3.8, 4) is 0 Å². The molecular formula is C14H27ClN4. The van der Waals surface area contributed by atoms with E-state index in [-0.39, 0.29) is 0 Å². The van der Waals surface area contributed by atoms with Gasteiger partial charge < -0.3 is 10.2 Å². The van der Waals surface area contributed by atoms with Gasteiger partial charge in [0.15, 0.2) is 0 Å². The first-order valence-electron chi connectivity index (χ1n) is 7.19. The minimum absolute atomic E-state index is 0.308. The average Bonchev–Trinajstić information content (AvgIpc) is 2.73. The van der Waals surface area contributed by atoms with Crippen LogP contribution in [0.25, 0.3) is 0 Å². The Balaban J connectivity index is 2.83. The van der Waals surface area contributed by atoms with Gasteiger partial charge in [0.25, 0.3) is 0 Å². The summed E-state index contributed by atoms with van der Waals surface area (Å²) in [4.78, 5) is 2.16. The van der Waals surface area contributed by atoms with Crippen molar-refractivity contribution < 1.29 is 0 Å². The highest BCUT2D eigenvalue weighted by atomic mass is 35.5. The van der Waals surface area contributed by atoms with E-state index in [0.29, 0.717) is 6.04 Å². The third kappa shape index (κ3) is 5.13. The number of hydrogen-bond donors (Lipinski definition) is 1. The fraction of sp³-hybridized carbons (Fsp3) is 0.786. The van der Waals surface area contributed by atoms with Crippen molar-refractivity contribution in [3.63, 3.8) is 0 Å². The van der Waals surface area contributed by atoms with E-state index < -0.39 is 0 Å². The minimum atomic E-state index is 0.308. The van der Waals surface area contributed by atoms with Gasteiger partial charge in [-0.3, -0.25) is 4.68 Å². The number of halogens is 1. The van der Waals surface area contributed by atoms with Gasteiger partial charge in [-0.25, -0.2) is 0 Å². The summed E-state index contributed by atoms with van der Waals surface area (Å²) in [7, 11) is 4.15. The SMILES string of the molecule is CCCNC(CCC)c1c(Cl)cnn1CCN(C)C. The molecule has 1 rings (SSSR count). The van der Waals surface area contributed by atoms with E-state index in [4.69, 9.17) is 11.6 Å². The molecule has 0 bridgehead atoms. The smallest absolute Gasteiger partial charge is 0.0834 e. The van der Waals surface area contributed by atoms with Gasteiger partial charge in [-0.1, -0.05) is 31.9 Å². The van der Waals surface area contributed by atoms with Crippen molar-refractivity contribution in [2.24, 2.45) is 0 Å². The molecule has 0 fully saturated rings. The fourth-order valence-electron chi connectivity index (χ4n) is 2.13. The molecule has 19 heavy (non-hydrogen) atoms. The highest BCUT2D eigenvalue weighted by Crippen LogP contribution is 2.26. The van der Waals surface area contributed by atoms with E-state index in [1.54, 1.807) is 6.20 Å². The Labute approximate surface area is 122 Å². The molecule has 0 aliphatic carbocycles. The molecule has 0 aromatic carbocycles. The zero-order valence-electron chi connectivity index (χ0n) is 12.6. The standard InChI is InChI=1S/C14H27ClN4/c1-5-7-13(16-8-6-2)14-12(15)11-17-19(14)10-9-18(3)4/h11,13,16H,5-10H2,1-4H3. The molecular weight excluding hydrogens is 260 g/mol. The maximum Gasteiger partial charge on any atom is 0.0834 e. The maximum absolute atomic E-state index is 6.33. The van der Waals surface area contributed by atoms with Crippen molar-refractivity contribution >= 4 is 11.6 Å². The van der Waals surface area contributed by atoms with E-state index >= 15 is 0 Å². The normalized spacial score (nSPS) is 13.2. The van der Waals surface area contributed by atoms with Crippen LogP contribution in [0.3, 0.4) is 0 Å². The maximum atomic E-state index is 6.33. The van der Waals surface area contributed by atoms with Crippen LogP contribution in [0.15, 0.2) is 6.20 Å². The van der Waals surface area contributed by atoms with Gasteiger partial charge in [0.2, 0.25) is 0 Å². The van der Waals surface area contributed by atoms with Gasteiger partial charge in [0.1, 0.15) is 0 Å². The van der Waals surface area contributed by atoms with E-state index in [1.807, 2.05) is 4.68 Å². The molecule has 0 amide bonds. The Hall–Kier alpha value is -0.580. The molecule has 0 saturated heterocycles. The van der Waals surface area contributed by atoms with Crippen LogP contribution in [0.5, 0.6) is 0 Å². The van der Waals surface area contributed by atoms with Gasteiger partial charge in [0, 0.05) is 6.54 Å². The molecule has 1 aromatic heterocycles. The Bertz CT molecular complexity index is 362. The molecule has 5 heteroatoms. The summed E-state index contributed by atoms with van der Waals surface area (Å²) < 4.78 is 2.05. The van der Waals surface area contributed by atoms with Gasteiger partial charge in [-0.05, 0) is 33.5 Å². The van der Waals surface area contributed by atoms with Crippen molar-refractivity contribution in [1.82, 2.24) is 20.0 Å². The zero-order valence-corrected chi connectivity index (χ0v) is 13.4. The lowest BCUT2D eigenvalue weighted by molar-refractivity contribution is 0.359. The molecule has 4 nitrogen and oxygen atoms in total. The number of nitrogens with zero attached hydrogens (tertiary/aromatic N) is 3. The Morgan fingerprint density at radius 3 is 2.68 bits per heavy atom. The summed E-state index contributed by atoms with van der Waals surface area (Å²) in [6.07, 6.45) is 5.12. The lowest BCUT2D eigenvalue weighted by atomic mass is 10.1. The lowest BCUT2D eigenvalue weighted by Gasteiger charge is -2.21. The minimum Gasteiger partial charge on any atom is -0.309 e. The highest BCUT2D eigenvalue weighted by Gasteiger charge is 2.19. The van der Waals surface area contributed by atoms with E-state index in [2.05, 4.69) is 43.3 Å². The average molecular weight is 287 g/mol. The molecule has 0 saturated carbocycles. The molecule has 1 aromatic rings. The number of nitrogens with one attached hydrogen (secondary N) is 1. The second kappa shape index (κ2) is 8.56. The first-order valence-corrected chi connectivity index (χ1v) is 7.57. The van der Waals surface area contributed by atoms with Gasteiger partial charge in [0.05, 0.1) is 29.5 Å². The molecule has 1 atom stereocenters. The van der Waals surface area contributed by atoms with Gasteiger partial charge in [-0.2, -0.15) is 5.10 Å². The van der Waals surface area contributed by atoms with E-state index in [0.717, 1.165) is 49.6 Å². The summed E-state index contributed by atoms with van der Waals surface area (Å²) in [5.41, 5.74) is 1.14. The topological polar surface area (TPSA) is 33.1 Å². The van der Waals surface area contributed by atoms with Crippen molar-refractivity contribution in [3.05, 3.63) is 16.9 Å². The second-order valence-electron chi connectivity index (χ2n) is 5.20. The van der Waals surface area contributed by atoms with E-state index in [9.17, 15) is 0 Å². The molecule has 1 unspecified atom stereocenters. The third-order valence-electron chi connectivity index (χ3n) is 3.14. The summed E-state index contributed by atoms with van der Waals surface area (Å²) in [6.45, 7) is 7.25. The Kier molecular flexibility index (Phi) is 7.42. The lowest BCUT2D eigenvalue weighted by Crippen LogP contribution is -2.27. The second-order valence-corrected chi connectivity index (χ2v) is 5.61. The summed E-state index contributed by atoms with van der Waals surface area (Å²) in [5.74, 6) is 0. The predicted molar refractivity (Wildman–Crippen MR) is 81.7 cm³/mol. The number of likely N-dealkylation sites (N-methyl/N-ethyl adjacent to an activating group) is 1. The van der Waals surface area contributed by atoms with Gasteiger partial charge in [-0.15, -0.1) is 0 Å². The molecule has 110 valence electrons. The molecule has 0 spiro atoms. The number of rotatable bonds is 9. The van der Waals surface area contributed by atoms with Crippen LogP contribution in [0.4, 0.5) is 0 Å². The Morgan fingerprint density at radius 2 is 2.11 bits per heavy atom. The van der Waals surface area contributed by atoms with Gasteiger partial charge >= 0.3 is 0 Å². The molecule has 0 aliphatic heterocycles. The largest absolute Gasteiger partial charge is 0.309 e. The fourth-order valence-corrected chi connectivity index (χ4v) is 2.41. The Morgan fingerprint density at radius 1 is 1.37 bits per heavy atom. The summed E-state index contributed by atoms with van der Waals surface area (Å²) in [6, 6.07) is 0.308. The summed E-state index contributed by atoms with van der Waals surface area (Å²) >= 11 is 6.33. The van der Waals surface area contributed by atoms with Crippen molar-refractivity contribution in [2.45, 2.75) is 45.7 Å². The first-order chi connectivity index (χ1) is 9.10. The summed E-state index contributed by atoms with van der Waals surface area (Å²) in [5, 5.41) is 8.78. The zero-order chi connectivity index (χ0) is 14.3. The molecule has 1 heterocycles. The van der Waals surface area contributed by atoms with Crippen LogP contribution in [-0.2, 0) is 6.54 Å². The molecule has 1 N–H and O–H groups in total. The van der Waals surface area contributed by atoms with Crippen LogP contribution >= 0.6 is 11.6 Å². The van der Waals surface area contributed by atoms with Crippen LogP contribution in [-0.4, -0.2) is 41.9 Å². The number of aromatic nitrogens is 2. The molecule has 0 aliphatic rings. The van der Waals surface area contributed by atoms with Crippen LogP contribution < -0.4 is 5.32 Å². The number of hydrogen-bond acceptors (Lipinski definition) is 3. The van der Waals surface area contributed by atoms with Crippen molar-refractivity contribution in [1.29, 1.82) is 0 Å². The molecule has 0 radical (unpaired) electrons. The van der Waals surface area contributed by atoms with Crippen LogP contribution in [0.1, 0.15) is 44.8 Å².